The van der Waals surface area contributed by atoms with Gasteiger partial charge in [0.2, 0.25) is 11.8 Å². The quantitative estimate of drug-likeness (QED) is 0.536. The first-order valence-corrected chi connectivity index (χ1v) is 12.5. The molecule has 0 bridgehead atoms. The first kappa shape index (κ1) is 21.8. The first-order valence-electron chi connectivity index (χ1n) is 11.7. The van der Waals surface area contributed by atoms with Gasteiger partial charge in [0.1, 0.15) is 10.9 Å². The molecule has 1 unspecified atom stereocenters. The average molecular weight is 465 g/mol. The molecule has 1 aromatic carbocycles. The van der Waals surface area contributed by atoms with E-state index in [4.69, 9.17) is 0 Å². The van der Waals surface area contributed by atoms with Gasteiger partial charge in [0.05, 0.1) is 11.7 Å². The minimum atomic E-state index is -0.637. The summed E-state index contributed by atoms with van der Waals surface area (Å²) in [5, 5.41) is 6.60. The SMILES string of the molecule is O=C(CCn1cnc2sc3c(c2c1=O)CCCC3)NC(Cc1ccccc1)C(=O)NC1CC1. The van der Waals surface area contributed by atoms with Crippen molar-refractivity contribution < 1.29 is 9.59 Å². The molecule has 0 aliphatic heterocycles. The highest BCUT2D eigenvalue weighted by molar-refractivity contribution is 7.18. The summed E-state index contributed by atoms with van der Waals surface area (Å²) in [5.41, 5.74) is 2.07. The molecule has 7 nitrogen and oxygen atoms in total. The Labute approximate surface area is 196 Å². The number of thiophene rings is 1. The standard InChI is InChI=1S/C25H28N4O3S/c30-21(28-19(23(31)27-17-10-11-17)14-16-6-2-1-3-7-16)12-13-29-15-26-24-22(25(29)32)18-8-4-5-9-20(18)33-24/h1-3,6-7,15,17,19H,4-5,8-14H2,(H,27,31)(H,28,30). The molecular weight excluding hydrogens is 436 g/mol. The fourth-order valence-electron chi connectivity index (χ4n) is 4.42. The van der Waals surface area contributed by atoms with Gasteiger partial charge in [0, 0.05) is 30.3 Å². The number of nitrogens with zero attached hydrogens (tertiary/aromatic N) is 2. The molecule has 2 aromatic heterocycles. The maximum Gasteiger partial charge on any atom is 0.262 e. The molecule has 172 valence electrons. The summed E-state index contributed by atoms with van der Waals surface area (Å²) in [7, 11) is 0. The third kappa shape index (κ3) is 5.00. The van der Waals surface area contributed by atoms with Gasteiger partial charge >= 0.3 is 0 Å². The molecule has 0 spiro atoms. The van der Waals surface area contributed by atoms with Crippen LogP contribution >= 0.6 is 11.3 Å². The fourth-order valence-corrected chi connectivity index (χ4v) is 5.64. The van der Waals surface area contributed by atoms with Crippen LogP contribution < -0.4 is 16.2 Å². The van der Waals surface area contributed by atoms with Crippen molar-refractivity contribution in [2.75, 3.05) is 0 Å². The Morgan fingerprint density at radius 3 is 2.73 bits per heavy atom. The molecule has 2 N–H and O–H groups in total. The van der Waals surface area contributed by atoms with Crippen LogP contribution in [-0.2, 0) is 35.4 Å². The van der Waals surface area contributed by atoms with E-state index in [9.17, 15) is 14.4 Å². The van der Waals surface area contributed by atoms with Crippen LogP contribution in [0.4, 0.5) is 0 Å². The predicted molar refractivity (Wildman–Crippen MR) is 128 cm³/mol. The van der Waals surface area contributed by atoms with Crippen LogP contribution in [0.3, 0.4) is 0 Å². The summed E-state index contributed by atoms with van der Waals surface area (Å²) < 4.78 is 1.53. The molecule has 1 saturated carbocycles. The number of fused-ring (bicyclic) bond motifs is 3. The molecule has 0 radical (unpaired) electrons. The summed E-state index contributed by atoms with van der Waals surface area (Å²) in [6.07, 6.45) is 8.26. The van der Waals surface area contributed by atoms with Gasteiger partial charge in [-0.1, -0.05) is 30.3 Å². The minimum Gasteiger partial charge on any atom is -0.352 e. The van der Waals surface area contributed by atoms with Crippen LogP contribution in [0.15, 0.2) is 41.5 Å². The number of aryl methyl sites for hydroxylation is 3. The normalized spacial score (nSPS) is 16.2. The van der Waals surface area contributed by atoms with Crippen LogP contribution in [0.1, 0.15) is 48.1 Å². The second kappa shape index (κ2) is 9.47. The average Bonchev–Trinajstić information content (AvgIpc) is 3.55. The zero-order valence-electron chi connectivity index (χ0n) is 18.5. The second-order valence-electron chi connectivity index (χ2n) is 8.98. The number of nitrogens with one attached hydrogen (secondary N) is 2. The molecule has 2 aliphatic carbocycles. The number of aromatic nitrogens is 2. The van der Waals surface area contributed by atoms with Crippen LogP contribution in [0.5, 0.6) is 0 Å². The molecule has 33 heavy (non-hydrogen) atoms. The number of amides is 2. The highest BCUT2D eigenvalue weighted by Crippen LogP contribution is 2.33. The minimum absolute atomic E-state index is 0.0699. The summed E-state index contributed by atoms with van der Waals surface area (Å²) in [4.78, 5) is 45.2. The summed E-state index contributed by atoms with van der Waals surface area (Å²) >= 11 is 1.62. The molecule has 5 rings (SSSR count). The lowest BCUT2D eigenvalue weighted by atomic mass is 9.97. The van der Waals surface area contributed by atoms with Crippen molar-refractivity contribution in [3.63, 3.8) is 0 Å². The van der Waals surface area contributed by atoms with E-state index in [1.54, 1.807) is 17.7 Å². The number of hydrogen-bond acceptors (Lipinski definition) is 5. The fraction of sp³-hybridized carbons (Fsp3) is 0.440. The molecular formula is C25H28N4O3S. The van der Waals surface area contributed by atoms with Gasteiger partial charge in [-0.15, -0.1) is 11.3 Å². The Kier molecular flexibility index (Phi) is 6.26. The number of benzene rings is 1. The number of carbonyl (C=O) groups excluding carboxylic acids is 2. The van der Waals surface area contributed by atoms with E-state index >= 15 is 0 Å². The molecule has 2 aliphatic rings. The lowest BCUT2D eigenvalue weighted by Crippen LogP contribution is -2.48. The van der Waals surface area contributed by atoms with Crippen LogP contribution in [0.2, 0.25) is 0 Å². The third-order valence-electron chi connectivity index (χ3n) is 6.38. The van der Waals surface area contributed by atoms with E-state index in [1.165, 1.54) is 9.44 Å². The van der Waals surface area contributed by atoms with Gasteiger partial charge in [0.15, 0.2) is 0 Å². The van der Waals surface area contributed by atoms with Gasteiger partial charge in [-0.25, -0.2) is 4.98 Å². The Balaban J connectivity index is 1.27. The Morgan fingerprint density at radius 1 is 1.15 bits per heavy atom. The molecule has 2 heterocycles. The second-order valence-corrected chi connectivity index (χ2v) is 10.1. The summed E-state index contributed by atoms with van der Waals surface area (Å²) in [6, 6.07) is 9.26. The summed E-state index contributed by atoms with van der Waals surface area (Å²) in [5.74, 6) is -0.402. The molecule has 8 heteroatoms. The van der Waals surface area contributed by atoms with Crippen molar-refractivity contribution in [3.05, 3.63) is 63.0 Å². The van der Waals surface area contributed by atoms with Gasteiger partial charge in [-0.2, -0.15) is 0 Å². The van der Waals surface area contributed by atoms with Gasteiger partial charge < -0.3 is 10.6 Å². The van der Waals surface area contributed by atoms with E-state index < -0.39 is 6.04 Å². The van der Waals surface area contributed by atoms with E-state index in [0.717, 1.165) is 59.9 Å². The first-order chi connectivity index (χ1) is 16.1. The van der Waals surface area contributed by atoms with Crippen molar-refractivity contribution in [2.24, 2.45) is 0 Å². The summed E-state index contributed by atoms with van der Waals surface area (Å²) in [6.45, 7) is 0.237. The number of hydrogen-bond donors (Lipinski definition) is 2. The van der Waals surface area contributed by atoms with Gasteiger partial charge in [-0.3, -0.25) is 19.0 Å². The van der Waals surface area contributed by atoms with Crippen molar-refractivity contribution in [1.82, 2.24) is 20.2 Å². The topological polar surface area (TPSA) is 93.1 Å². The van der Waals surface area contributed by atoms with E-state index in [2.05, 4.69) is 15.6 Å². The van der Waals surface area contributed by atoms with Crippen LogP contribution in [-0.4, -0.2) is 33.4 Å². The van der Waals surface area contributed by atoms with Crippen molar-refractivity contribution in [2.45, 2.75) is 70.0 Å². The van der Waals surface area contributed by atoms with E-state index in [-0.39, 0.29) is 36.4 Å². The Bertz CT molecular complexity index is 1230. The molecule has 0 saturated heterocycles. The molecule has 1 fully saturated rings. The Morgan fingerprint density at radius 2 is 1.94 bits per heavy atom. The monoisotopic (exact) mass is 464 g/mol. The van der Waals surface area contributed by atoms with Crippen molar-refractivity contribution in [3.8, 4) is 0 Å². The number of carbonyl (C=O) groups is 2. The number of rotatable bonds is 8. The zero-order valence-corrected chi connectivity index (χ0v) is 19.3. The highest BCUT2D eigenvalue weighted by Gasteiger charge is 2.28. The lowest BCUT2D eigenvalue weighted by Gasteiger charge is -2.19. The molecule has 2 amide bonds. The van der Waals surface area contributed by atoms with Gasteiger partial charge in [0.25, 0.3) is 5.56 Å². The predicted octanol–water partition coefficient (Wildman–Crippen LogP) is 2.73. The van der Waals surface area contributed by atoms with Crippen LogP contribution in [0, 0.1) is 0 Å². The van der Waals surface area contributed by atoms with E-state index in [1.807, 2.05) is 30.3 Å². The molecule has 1 atom stereocenters. The van der Waals surface area contributed by atoms with E-state index in [0.29, 0.717) is 6.42 Å². The zero-order chi connectivity index (χ0) is 22.8. The smallest absolute Gasteiger partial charge is 0.262 e. The largest absolute Gasteiger partial charge is 0.352 e. The maximum absolute atomic E-state index is 13.1. The van der Waals surface area contributed by atoms with Gasteiger partial charge in [-0.05, 0) is 49.7 Å². The maximum atomic E-state index is 13.1. The van der Waals surface area contributed by atoms with Crippen LogP contribution in [0.25, 0.3) is 10.2 Å². The third-order valence-corrected chi connectivity index (χ3v) is 7.58. The van der Waals surface area contributed by atoms with Crippen molar-refractivity contribution in [1.29, 1.82) is 0 Å². The highest BCUT2D eigenvalue weighted by atomic mass is 32.1. The van der Waals surface area contributed by atoms with Crippen molar-refractivity contribution >= 4 is 33.4 Å². The Hall–Kier alpha value is -3.00. The lowest BCUT2D eigenvalue weighted by molar-refractivity contribution is -0.129. The molecule has 3 aromatic rings.